The van der Waals surface area contributed by atoms with Gasteiger partial charge in [-0.15, -0.1) is 0 Å². The Hall–Kier alpha value is -2.07. The SMILES string of the molecule is O=C(Cc1ccc(Cl)cc1)N1CCN(c2cccc(F)c2)CC1. The molecule has 0 aromatic heterocycles. The van der Waals surface area contributed by atoms with Crippen LogP contribution in [0.15, 0.2) is 48.5 Å². The fraction of sp³-hybridized carbons (Fsp3) is 0.278. The second-order valence-corrected chi connectivity index (χ2v) is 6.09. The van der Waals surface area contributed by atoms with Gasteiger partial charge in [-0.1, -0.05) is 29.8 Å². The molecule has 1 heterocycles. The summed E-state index contributed by atoms with van der Waals surface area (Å²) in [6.45, 7) is 2.75. The summed E-state index contributed by atoms with van der Waals surface area (Å²) in [5.74, 6) is -0.116. The molecular weight excluding hydrogens is 315 g/mol. The molecule has 0 aliphatic carbocycles. The molecular formula is C18H18ClFN2O. The Labute approximate surface area is 140 Å². The Balaban J connectivity index is 1.56. The van der Waals surface area contributed by atoms with Gasteiger partial charge >= 0.3 is 0 Å². The van der Waals surface area contributed by atoms with Crippen LogP contribution < -0.4 is 4.90 Å². The summed E-state index contributed by atoms with van der Waals surface area (Å²) in [6.07, 6.45) is 0.386. The number of anilines is 1. The highest BCUT2D eigenvalue weighted by Crippen LogP contribution is 2.18. The van der Waals surface area contributed by atoms with Gasteiger partial charge in [0.1, 0.15) is 5.82 Å². The molecule has 1 aliphatic heterocycles. The first-order valence-corrected chi connectivity index (χ1v) is 8.02. The highest BCUT2D eigenvalue weighted by Gasteiger charge is 2.21. The number of hydrogen-bond donors (Lipinski definition) is 0. The quantitative estimate of drug-likeness (QED) is 0.860. The minimum absolute atomic E-state index is 0.117. The smallest absolute Gasteiger partial charge is 0.227 e. The Morgan fingerprint density at radius 1 is 1.04 bits per heavy atom. The third-order valence-electron chi connectivity index (χ3n) is 4.07. The first kappa shape index (κ1) is 15.8. The fourth-order valence-corrected chi connectivity index (χ4v) is 2.90. The van der Waals surface area contributed by atoms with Gasteiger partial charge in [0.2, 0.25) is 5.91 Å². The van der Waals surface area contributed by atoms with Crippen LogP contribution >= 0.6 is 11.6 Å². The molecule has 2 aromatic carbocycles. The van der Waals surface area contributed by atoms with Crippen molar-refractivity contribution in [1.29, 1.82) is 0 Å². The van der Waals surface area contributed by atoms with Gasteiger partial charge in [-0.05, 0) is 35.9 Å². The molecule has 0 atom stereocenters. The minimum atomic E-state index is -0.233. The molecule has 0 unspecified atom stereocenters. The number of carbonyl (C=O) groups excluding carboxylic acids is 1. The first-order valence-electron chi connectivity index (χ1n) is 7.64. The van der Waals surface area contributed by atoms with Gasteiger partial charge in [-0.2, -0.15) is 0 Å². The topological polar surface area (TPSA) is 23.6 Å². The van der Waals surface area contributed by atoms with Gasteiger partial charge in [0.15, 0.2) is 0 Å². The maximum absolute atomic E-state index is 13.3. The molecule has 0 radical (unpaired) electrons. The van der Waals surface area contributed by atoms with Crippen LogP contribution in [0.4, 0.5) is 10.1 Å². The van der Waals surface area contributed by atoms with Crippen LogP contribution in [-0.2, 0) is 11.2 Å². The van der Waals surface area contributed by atoms with Crippen LogP contribution in [-0.4, -0.2) is 37.0 Å². The van der Waals surface area contributed by atoms with E-state index in [9.17, 15) is 9.18 Å². The molecule has 0 spiro atoms. The first-order chi connectivity index (χ1) is 11.1. The fourth-order valence-electron chi connectivity index (χ4n) is 2.78. The molecule has 2 aromatic rings. The number of nitrogens with zero attached hydrogens (tertiary/aromatic N) is 2. The molecule has 1 saturated heterocycles. The van der Waals surface area contributed by atoms with Crippen molar-refractivity contribution in [2.24, 2.45) is 0 Å². The average Bonchev–Trinajstić information content (AvgIpc) is 2.57. The number of amides is 1. The Morgan fingerprint density at radius 2 is 1.74 bits per heavy atom. The maximum atomic E-state index is 13.3. The number of carbonyl (C=O) groups is 1. The van der Waals surface area contributed by atoms with E-state index in [-0.39, 0.29) is 11.7 Å². The molecule has 3 rings (SSSR count). The van der Waals surface area contributed by atoms with E-state index in [0.29, 0.717) is 24.5 Å². The van der Waals surface area contributed by atoms with Crippen molar-refractivity contribution in [3.8, 4) is 0 Å². The largest absolute Gasteiger partial charge is 0.368 e. The van der Waals surface area contributed by atoms with E-state index in [4.69, 9.17) is 11.6 Å². The highest BCUT2D eigenvalue weighted by molar-refractivity contribution is 6.30. The van der Waals surface area contributed by atoms with Gasteiger partial charge in [-0.25, -0.2) is 4.39 Å². The summed E-state index contributed by atoms with van der Waals surface area (Å²) in [5, 5.41) is 0.671. The van der Waals surface area contributed by atoms with Crippen molar-refractivity contribution >= 4 is 23.2 Å². The number of benzene rings is 2. The van der Waals surface area contributed by atoms with E-state index < -0.39 is 0 Å². The highest BCUT2D eigenvalue weighted by atomic mass is 35.5. The molecule has 1 aliphatic rings. The van der Waals surface area contributed by atoms with Gasteiger partial charge in [-0.3, -0.25) is 4.79 Å². The van der Waals surface area contributed by atoms with E-state index in [1.165, 1.54) is 12.1 Å². The number of hydrogen-bond acceptors (Lipinski definition) is 2. The van der Waals surface area contributed by atoms with Crippen molar-refractivity contribution < 1.29 is 9.18 Å². The van der Waals surface area contributed by atoms with Crippen LogP contribution in [0.1, 0.15) is 5.56 Å². The second-order valence-electron chi connectivity index (χ2n) is 5.65. The van der Waals surface area contributed by atoms with Gasteiger partial charge in [0.25, 0.3) is 0 Å². The van der Waals surface area contributed by atoms with Crippen LogP contribution in [0.25, 0.3) is 0 Å². The van der Waals surface area contributed by atoms with E-state index in [2.05, 4.69) is 4.90 Å². The molecule has 23 heavy (non-hydrogen) atoms. The van der Waals surface area contributed by atoms with Gasteiger partial charge in [0.05, 0.1) is 6.42 Å². The van der Waals surface area contributed by atoms with Crippen molar-refractivity contribution in [2.45, 2.75) is 6.42 Å². The van der Waals surface area contributed by atoms with Crippen molar-refractivity contribution in [3.05, 3.63) is 64.9 Å². The summed E-state index contributed by atoms with van der Waals surface area (Å²) in [6, 6.07) is 13.9. The zero-order valence-corrected chi connectivity index (χ0v) is 13.5. The van der Waals surface area contributed by atoms with Crippen molar-refractivity contribution in [2.75, 3.05) is 31.1 Å². The molecule has 5 heteroatoms. The zero-order valence-electron chi connectivity index (χ0n) is 12.7. The van der Waals surface area contributed by atoms with Gasteiger partial charge < -0.3 is 9.80 Å². The van der Waals surface area contributed by atoms with E-state index >= 15 is 0 Å². The monoisotopic (exact) mass is 332 g/mol. The number of halogens is 2. The lowest BCUT2D eigenvalue weighted by molar-refractivity contribution is -0.130. The van der Waals surface area contributed by atoms with E-state index in [1.54, 1.807) is 18.2 Å². The predicted octanol–water partition coefficient (Wildman–Crippen LogP) is 3.37. The second kappa shape index (κ2) is 7.01. The lowest BCUT2D eigenvalue weighted by Gasteiger charge is -2.36. The van der Waals surface area contributed by atoms with Crippen molar-refractivity contribution in [3.63, 3.8) is 0 Å². The summed E-state index contributed by atoms with van der Waals surface area (Å²) >= 11 is 5.85. The normalized spacial score (nSPS) is 14.9. The predicted molar refractivity (Wildman–Crippen MR) is 90.3 cm³/mol. The summed E-state index contributed by atoms with van der Waals surface area (Å²) in [5.41, 5.74) is 1.83. The van der Waals surface area contributed by atoms with Crippen molar-refractivity contribution in [1.82, 2.24) is 4.90 Å². The third kappa shape index (κ3) is 4.02. The number of rotatable bonds is 3. The molecule has 0 N–H and O–H groups in total. The summed E-state index contributed by atoms with van der Waals surface area (Å²) in [7, 11) is 0. The van der Waals surface area contributed by atoms with E-state index in [0.717, 1.165) is 24.3 Å². The molecule has 1 amide bonds. The van der Waals surface area contributed by atoms with Crippen LogP contribution in [0.2, 0.25) is 5.02 Å². The average molecular weight is 333 g/mol. The Kier molecular flexibility index (Phi) is 4.82. The Bertz CT molecular complexity index is 682. The van der Waals surface area contributed by atoms with Crippen LogP contribution in [0.3, 0.4) is 0 Å². The van der Waals surface area contributed by atoms with E-state index in [1.807, 2.05) is 23.1 Å². The molecule has 1 fully saturated rings. The van der Waals surface area contributed by atoms with Crippen LogP contribution in [0.5, 0.6) is 0 Å². The third-order valence-corrected chi connectivity index (χ3v) is 4.33. The zero-order chi connectivity index (χ0) is 16.2. The maximum Gasteiger partial charge on any atom is 0.227 e. The van der Waals surface area contributed by atoms with Gasteiger partial charge in [0, 0.05) is 36.9 Å². The molecule has 0 saturated carbocycles. The lowest BCUT2D eigenvalue weighted by atomic mass is 10.1. The summed E-state index contributed by atoms with van der Waals surface area (Å²) in [4.78, 5) is 16.3. The molecule has 120 valence electrons. The minimum Gasteiger partial charge on any atom is -0.368 e. The standard InChI is InChI=1S/C18H18ClFN2O/c19-15-6-4-14(5-7-15)12-18(23)22-10-8-21(9-11-22)17-3-1-2-16(20)13-17/h1-7,13H,8-12H2. The number of piperazine rings is 1. The molecule has 3 nitrogen and oxygen atoms in total. The van der Waals surface area contributed by atoms with Crippen LogP contribution in [0, 0.1) is 5.82 Å². The lowest BCUT2D eigenvalue weighted by Crippen LogP contribution is -2.49. The Morgan fingerprint density at radius 3 is 2.39 bits per heavy atom. The molecule has 0 bridgehead atoms. The summed E-state index contributed by atoms with van der Waals surface area (Å²) < 4.78 is 13.3.